The van der Waals surface area contributed by atoms with Gasteiger partial charge in [-0.15, -0.1) is 11.3 Å². The summed E-state index contributed by atoms with van der Waals surface area (Å²) in [7, 11) is 0. The van der Waals surface area contributed by atoms with Crippen molar-refractivity contribution in [2.45, 2.75) is 58.8 Å². The lowest BCUT2D eigenvalue weighted by Crippen LogP contribution is -2.48. The number of fused-ring (bicyclic) bond motifs is 1. The molecule has 6 nitrogen and oxygen atoms in total. The van der Waals surface area contributed by atoms with E-state index in [0.717, 1.165) is 30.7 Å². The maximum Gasteiger partial charge on any atom is 0.237 e. The van der Waals surface area contributed by atoms with Crippen LogP contribution in [0.5, 0.6) is 5.75 Å². The number of carbonyl (C=O) groups excluding carboxylic acids is 1. The van der Waals surface area contributed by atoms with Gasteiger partial charge in [0.15, 0.2) is 0 Å². The lowest BCUT2D eigenvalue weighted by molar-refractivity contribution is -0.136. The lowest BCUT2D eigenvalue weighted by atomic mass is 10.0. The summed E-state index contributed by atoms with van der Waals surface area (Å²) in [6, 6.07) is 10.0. The quantitative estimate of drug-likeness (QED) is 0.503. The summed E-state index contributed by atoms with van der Waals surface area (Å²) in [5.41, 5.74) is 2.34. The van der Waals surface area contributed by atoms with Crippen LogP contribution in [0, 0.1) is 6.92 Å². The Morgan fingerprint density at radius 3 is 2.88 bits per heavy atom. The van der Waals surface area contributed by atoms with Crippen molar-refractivity contribution in [1.82, 2.24) is 9.80 Å². The predicted octanol–water partition coefficient (Wildman–Crippen LogP) is 4.06. The number of nitrogens with zero attached hydrogens (tertiary/aromatic N) is 2. The van der Waals surface area contributed by atoms with Gasteiger partial charge in [-0.2, -0.15) is 0 Å². The molecule has 1 aromatic carbocycles. The number of aliphatic hydroxyl groups is 1. The summed E-state index contributed by atoms with van der Waals surface area (Å²) in [5.74, 6) is 0.903. The number of thiophene rings is 1. The van der Waals surface area contributed by atoms with Crippen LogP contribution in [0.15, 0.2) is 35.7 Å². The maximum atomic E-state index is 13.5. The molecule has 0 radical (unpaired) electrons. The van der Waals surface area contributed by atoms with Crippen molar-refractivity contribution in [3.63, 3.8) is 0 Å². The molecule has 7 heteroatoms. The second-order valence-corrected chi connectivity index (χ2v) is 10.1. The summed E-state index contributed by atoms with van der Waals surface area (Å²) in [6.07, 6.45) is 1.25. The van der Waals surface area contributed by atoms with E-state index in [0.29, 0.717) is 19.7 Å². The van der Waals surface area contributed by atoms with Gasteiger partial charge in [-0.05, 0) is 74.9 Å². The average Bonchev–Trinajstić information content (AvgIpc) is 3.25. The number of hydrogen-bond acceptors (Lipinski definition) is 6. The number of hydrogen-bond donors (Lipinski definition) is 1. The summed E-state index contributed by atoms with van der Waals surface area (Å²) in [6.45, 7) is 10.9. The Morgan fingerprint density at radius 1 is 1.33 bits per heavy atom. The third-order valence-corrected chi connectivity index (χ3v) is 6.80. The van der Waals surface area contributed by atoms with Crippen LogP contribution in [-0.4, -0.2) is 72.4 Å². The molecule has 0 unspecified atom stereocenters. The first-order chi connectivity index (χ1) is 15.9. The van der Waals surface area contributed by atoms with Gasteiger partial charge in [0.1, 0.15) is 12.4 Å². The van der Waals surface area contributed by atoms with Gasteiger partial charge in [-0.1, -0.05) is 19.1 Å². The van der Waals surface area contributed by atoms with Crippen LogP contribution in [-0.2, 0) is 16.0 Å². The Bertz CT molecular complexity index is 885. The third-order valence-electron chi connectivity index (χ3n) is 5.80. The standard InChI is InChI=1S/C26H38N2O4S/c1-5-11-27(15-21(29)17-31-19(2)3)16-26(30)28-12-9-25-23(10-13-33-25)24(28)18-32-22-8-6-7-20(4)14-22/h6-8,10,13-14,19,21,24,29H,5,9,11-12,15-18H2,1-4H3/t21-,24+/m1/s1. The van der Waals surface area contributed by atoms with Gasteiger partial charge in [0.05, 0.1) is 31.4 Å². The Morgan fingerprint density at radius 2 is 2.15 bits per heavy atom. The van der Waals surface area contributed by atoms with Gasteiger partial charge in [0.25, 0.3) is 0 Å². The molecule has 0 saturated heterocycles. The molecule has 182 valence electrons. The number of amides is 1. The van der Waals surface area contributed by atoms with E-state index < -0.39 is 6.10 Å². The minimum absolute atomic E-state index is 0.0724. The van der Waals surface area contributed by atoms with E-state index in [4.69, 9.17) is 9.47 Å². The molecule has 0 bridgehead atoms. The number of rotatable bonds is 12. The van der Waals surface area contributed by atoms with Crippen LogP contribution in [0.4, 0.5) is 0 Å². The van der Waals surface area contributed by atoms with Crippen molar-refractivity contribution in [3.05, 3.63) is 51.7 Å². The molecular weight excluding hydrogens is 436 g/mol. The molecule has 1 N–H and O–H groups in total. The van der Waals surface area contributed by atoms with Gasteiger partial charge in [-0.25, -0.2) is 0 Å². The Hall–Kier alpha value is -1.93. The molecule has 1 aromatic heterocycles. The molecule has 2 heterocycles. The molecule has 1 amide bonds. The summed E-state index contributed by atoms with van der Waals surface area (Å²) < 4.78 is 11.7. The zero-order valence-electron chi connectivity index (χ0n) is 20.3. The fourth-order valence-electron chi connectivity index (χ4n) is 4.24. The topological polar surface area (TPSA) is 62.2 Å². The summed E-state index contributed by atoms with van der Waals surface area (Å²) in [5, 5.41) is 12.5. The fourth-order valence-corrected chi connectivity index (χ4v) is 5.17. The monoisotopic (exact) mass is 474 g/mol. The molecule has 3 rings (SSSR count). The molecule has 0 saturated carbocycles. The van der Waals surface area contributed by atoms with Crippen molar-refractivity contribution in [2.24, 2.45) is 0 Å². The van der Waals surface area contributed by atoms with Crippen LogP contribution in [0.3, 0.4) is 0 Å². The first kappa shape index (κ1) is 25.7. The smallest absolute Gasteiger partial charge is 0.237 e. The van der Waals surface area contributed by atoms with Crippen molar-refractivity contribution in [2.75, 3.05) is 39.4 Å². The van der Waals surface area contributed by atoms with Gasteiger partial charge >= 0.3 is 0 Å². The van der Waals surface area contributed by atoms with Crippen LogP contribution >= 0.6 is 11.3 Å². The van der Waals surface area contributed by atoms with Crippen LogP contribution in [0.2, 0.25) is 0 Å². The Kier molecular flexibility index (Phi) is 9.74. The molecule has 33 heavy (non-hydrogen) atoms. The summed E-state index contributed by atoms with van der Waals surface area (Å²) >= 11 is 1.75. The van der Waals surface area contributed by atoms with E-state index >= 15 is 0 Å². The van der Waals surface area contributed by atoms with Crippen LogP contribution < -0.4 is 4.74 Å². The van der Waals surface area contributed by atoms with E-state index in [9.17, 15) is 9.90 Å². The minimum Gasteiger partial charge on any atom is -0.491 e. The zero-order chi connectivity index (χ0) is 23.8. The fraction of sp³-hybridized carbons (Fsp3) is 0.577. The molecule has 2 aromatic rings. The van der Waals surface area contributed by atoms with Crippen molar-refractivity contribution >= 4 is 17.2 Å². The highest BCUT2D eigenvalue weighted by Crippen LogP contribution is 2.34. The highest BCUT2D eigenvalue weighted by atomic mass is 32.1. The van der Waals surface area contributed by atoms with Crippen LogP contribution in [0.25, 0.3) is 0 Å². The third kappa shape index (κ3) is 7.54. The van der Waals surface area contributed by atoms with Crippen molar-refractivity contribution in [3.8, 4) is 5.75 Å². The Labute approximate surface area is 202 Å². The van der Waals surface area contributed by atoms with Crippen molar-refractivity contribution < 1.29 is 19.4 Å². The molecule has 0 spiro atoms. The Balaban J connectivity index is 1.67. The minimum atomic E-state index is -0.614. The number of aliphatic hydroxyl groups excluding tert-OH is 1. The van der Waals surface area contributed by atoms with E-state index in [1.807, 2.05) is 54.8 Å². The summed E-state index contributed by atoms with van der Waals surface area (Å²) in [4.78, 5) is 18.8. The molecular formula is C26H38N2O4S. The second-order valence-electron chi connectivity index (χ2n) is 9.05. The van der Waals surface area contributed by atoms with Gasteiger partial charge in [-0.3, -0.25) is 9.69 Å². The van der Waals surface area contributed by atoms with Gasteiger partial charge in [0, 0.05) is 18.0 Å². The van der Waals surface area contributed by atoms with E-state index in [1.54, 1.807) is 11.3 Å². The maximum absolute atomic E-state index is 13.5. The van der Waals surface area contributed by atoms with Gasteiger partial charge in [0.2, 0.25) is 5.91 Å². The largest absolute Gasteiger partial charge is 0.491 e. The van der Waals surface area contributed by atoms with E-state index in [1.165, 1.54) is 10.4 Å². The normalized spacial score (nSPS) is 16.8. The molecule has 2 atom stereocenters. The average molecular weight is 475 g/mol. The number of benzene rings is 1. The van der Waals surface area contributed by atoms with Crippen molar-refractivity contribution in [1.29, 1.82) is 0 Å². The first-order valence-corrected chi connectivity index (χ1v) is 12.8. The SMILES string of the molecule is CCCN(CC(=O)N1CCc2sccc2[C@@H]1COc1cccc(C)c1)C[C@@H](O)COC(C)C. The molecule has 1 aliphatic heterocycles. The zero-order valence-corrected chi connectivity index (χ0v) is 21.1. The molecule has 0 aliphatic carbocycles. The second kappa shape index (κ2) is 12.5. The number of aryl methyl sites for hydroxylation is 1. The molecule has 0 fully saturated rings. The number of ether oxygens (including phenoxy) is 2. The predicted molar refractivity (Wildman–Crippen MR) is 133 cm³/mol. The highest BCUT2D eigenvalue weighted by Gasteiger charge is 2.33. The highest BCUT2D eigenvalue weighted by molar-refractivity contribution is 7.10. The molecule has 1 aliphatic rings. The first-order valence-electron chi connectivity index (χ1n) is 11.9. The van der Waals surface area contributed by atoms with E-state index in [2.05, 4.69) is 18.4 Å². The number of carbonyl (C=O) groups is 1. The lowest BCUT2D eigenvalue weighted by Gasteiger charge is -2.37. The van der Waals surface area contributed by atoms with Gasteiger partial charge < -0.3 is 19.5 Å². The van der Waals surface area contributed by atoms with Crippen LogP contribution in [0.1, 0.15) is 49.2 Å². The van der Waals surface area contributed by atoms with E-state index in [-0.39, 0.29) is 31.2 Å².